The number of anilines is 1. The van der Waals surface area contributed by atoms with Crippen LogP contribution in [0.1, 0.15) is 38.2 Å². The summed E-state index contributed by atoms with van der Waals surface area (Å²) >= 11 is 6.11. The molecule has 0 spiro atoms. The van der Waals surface area contributed by atoms with Crippen LogP contribution in [-0.2, 0) is 14.3 Å². The van der Waals surface area contributed by atoms with Crippen molar-refractivity contribution in [2.24, 2.45) is 4.99 Å². The number of benzene rings is 1. The van der Waals surface area contributed by atoms with E-state index in [9.17, 15) is 4.79 Å². The minimum atomic E-state index is -0.0665. The van der Waals surface area contributed by atoms with Gasteiger partial charge < -0.3 is 25.0 Å². The number of rotatable bonds is 10. The summed E-state index contributed by atoms with van der Waals surface area (Å²) in [5.74, 6) is 0.796. The molecule has 0 aromatic heterocycles. The van der Waals surface area contributed by atoms with Gasteiger partial charge >= 0.3 is 0 Å². The van der Waals surface area contributed by atoms with Crippen LogP contribution >= 0.6 is 35.6 Å². The highest BCUT2D eigenvalue weighted by molar-refractivity contribution is 14.0. The van der Waals surface area contributed by atoms with Crippen LogP contribution in [0.25, 0.3) is 0 Å². The normalized spacial score (nSPS) is 14.8. The number of carbonyl (C=O) groups excluding carboxylic acids is 1. The molecule has 1 aromatic rings. The summed E-state index contributed by atoms with van der Waals surface area (Å²) in [5, 5.41) is 6.90. The van der Waals surface area contributed by atoms with Gasteiger partial charge in [0, 0.05) is 57.1 Å². The maximum Gasteiger partial charge on any atom is 0.226 e. The van der Waals surface area contributed by atoms with E-state index in [1.54, 1.807) is 7.11 Å². The smallest absolute Gasteiger partial charge is 0.226 e. The van der Waals surface area contributed by atoms with Gasteiger partial charge in [0.05, 0.1) is 12.6 Å². The number of ether oxygens (including phenoxy) is 2. The van der Waals surface area contributed by atoms with E-state index in [1.807, 2.05) is 25.1 Å². The van der Waals surface area contributed by atoms with Gasteiger partial charge in [-0.3, -0.25) is 9.79 Å². The number of methoxy groups -OCH3 is 1. The standard InChI is InChI=1S/C22H35ClN4O3.HI/c1-4-24-22(27-13-10-18(11-14-27)30-16-6-15-29-3)25-12-9-21(28)26-20-8-5-7-19(23)17(20)2;/h5,7-8,18H,4,6,9-16H2,1-3H3,(H,24,25)(H,26,28);1H. The average Bonchev–Trinajstić information content (AvgIpc) is 2.74. The first-order valence-corrected chi connectivity index (χ1v) is 11.1. The van der Waals surface area contributed by atoms with Crippen molar-refractivity contribution in [2.75, 3.05) is 51.8 Å². The molecule has 31 heavy (non-hydrogen) atoms. The van der Waals surface area contributed by atoms with Crippen molar-refractivity contribution in [1.82, 2.24) is 10.2 Å². The molecule has 0 aliphatic carbocycles. The topological polar surface area (TPSA) is 75.2 Å². The summed E-state index contributed by atoms with van der Waals surface area (Å²) < 4.78 is 11.0. The third-order valence-electron chi connectivity index (χ3n) is 5.06. The molecule has 9 heteroatoms. The molecule has 1 aromatic carbocycles. The van der Waals surface area contributed by atoms with Crippen molar-refractivity contribution < 1.29 is 14.3 Å². The number of nitrogens with zero attached hydrogens (tertiary/aromatic N) is 2. The van der Waals surface area contributed by atoms with Crippen LogP contribution < -0.4 is 10.6 Å². The molecule has 176 valence electrons. The lowest BCUT2D eigenvalue weighted by molar-refractivity contribution is -0.116. The fourth-order valence-corrected chi connectivity index (χ4v) is 3.51. The summed E-state index contributed by atoms with van der Waals surface area (Å²) in [6.45, 7) is 8.44. The number of piperidine rings is 1. The second-order valence-corrected chi connectivity index (χ2v) is 7.76. The summed E-state index contributed by atoms with van der Waals surface area (Å²) in [6.07, 6.45) is 3.50. The van der Waals surface area contributed by atoms with Gasteiger partial charge in [-0.1, -0.05) is 17.7 Å². The van der Waals surface area contributed by atoms with E-state index in [2.05, 4.69) is 27.4 Å². The number of nitrogens with one attached hydrogen (secondary N) is 2. The van der Waals surface area contributed by atoms with Crippen LogP contribution in [-0.4, -0.2) is 69.4 Å². The van der Waals surface area contributed by atoms with Crippen LogP contribution in [0.15, 0.2) is 23.2 Å². The predicted octanol–water partition coefficient (Wildman–Crippen LogP) is 4.08. The van der Waals surface area contributed by atoms with E-state index in [1.165, 1.54) is 0 Å². The Morgan fingerprint density at radius 2 is 2.03 bits per heavy atom. The molecular weight excluding hydrogens is 531 g/mol. The molecule has 0 atom stereocenters. The first-order valence-electron chi connectivity index (χ1n) is 10.7. The number of halogens is 2. The maximum absolute atomic E-state index is 12.3. The Morgan fingerprint density at radius 3 is 2.71 bits per heavy atom. The number of hydrogen-bond donors (Lipinski definition) is 2. The van der Waals surface area contributed by atoms with Crippen LogP contribution in [0.2, 0.25) is 5.02 Å². The molecule has 0 saturated carbocycles. The SMILES string of the molecule is CCNC(=NCCC(=O)Nc1cccc(Cl)c1C)N1CCC(OCCCOC)CC1.I. The van der Waals surface area contributed by atoms with Gasteiger partial charge in [-0.2, -0.15) is 0 Å². The van der Waals surface area contributed by atoms with E-state index >= 15 is 0 Å². The Kier molecular flexibility index (Phi) is 14.1. The quantitative estimate of drug-likeness (QED) is 0.193. The molecule has 1 fully saturated rings. The lowest BCUT2D eigenvalue weighted by atomic mass is 10.1. The molecule has 2 rings (SSSR count). The number of likely N-dealkylation sites (tertiary alicyclic amines) is 1. The lowest BCUT2D eigenvalue weighted by Crippen LogP contribution is -2.47. The highest BCUT2D eigenvalue weighted by atomic mass is 127. The van der Waals surface area contributed by atoms with Crippen molar-refractivity contribution in [1.29, 1.82) is 0 Å². The van der Waals surface area contributed by atoms with Crippen molar-refractivity contribution >= 4 is 53.1 Å². The Hall–Kier alpha value is -1.10. The van der Waals surface area contributed by atoms with Crippen molar-refractivity contribution in [3.8, 4) is 0 Å². The minimum absolute atomic E-state index is 0. The van der Waals surface area contributed by atoms with Crippen molar-refractivity contribution in [3.05, 3.63) is 28.8 Å². The third-order valence-corrected chi connectivity index (χ3v) is 5.47. The second kappa shape index (κ2) is 15.7. The third kappa shape index (κ3) is 9.93. The lowest BCUT2D eigenvalue weighted by Gasteiger charge is -2.34. The molecule has 0 bridgehead atoms. The van der Waals surface area contributed by atoms with Gasteiger partial charge in [0.15, 0.2) is 5.96 Å². The van der Waals surface area contributed by atoms with Gasteiger partial charge in [0.1, 0.15) is 0 Å². The summed E-state index contributed by atoms with van der Waals surface area (Å²) in [5.41, 5.74) is 1.62. The van der Waals surface area contributed by atoms with E-state index in [-0.39, 0.29) is 29.9 Å². The highest BCUT2D eigenvalue weighted by Gasteiger charge is 2.21. The average molecular weight is 567 g/mol. The van der Waals surface area contributed by atoms with E-state index in [4.69, 9.17) is 21.1 Å². The summed E-state index contributed by atoms with van der Waals surface area (Å²) in [7, 11) is 1.71. The van der Waals surface area contributed by atoms with E-state index in [0.717, 1.165) is 69.3 Å². The second-order valence-electron chi connectivity index (χ2n) is 7.35. The molecular formula is C22H36ClIN4O3. The Bertz CT molecular complexity index is 697. The van der Waals surface area contributed by atoms with Gasteiger partial charge in [-0.05, 0) is 50.8 Å². The fourth-order valence-electron chi connectivity index (χ4n) is 3.33. The van der Waals surface area contributed by atoms with Gasteiger partial charge in [0.25, 0.3) is 0 Å². The van der Waals surface area contributed by atoms with Crippen molar-refractivity contribution in [3.63, 3.8) is 0 Å². The molecule has 1 aliphatic rings. The fraction of sp³-hybridized carbons (Fsp3) is 0.636. The highest BCUT2D eigenvalue weighted by Crippen LogP contribution is 2.23. The van der Waals surface area contributed by atoms with Crippen LogP contribution in [0, 0.1) is 6.92 Å². The molecule has 0 unspecified atom stereocenters. The number of hydrogen-bond acceptors (Lipinski definition) is 4. The zero-order valence-corrected chi connectivity index (χ0v) is 21.9. The number of aliphatic imine (C=N–C) groups is 1. The van der Waals surface area contributed by atoms with Crippen LogP contribution in [0.4, 0.5) is 5.69 Å². The summed E-state index contributed by atoms with van der Waals surface area (Å²) in [4.78, 5) is 19.2. The Balaban J connectivity index is 0.00000480. The van der Waals surface area contributed by atoms with Crippen LogP contribution in [0.3, 0.4) is 0 Å². The first kappa shape index (κ1) is 27.9. The zero-order valence-electron chi connectivity index (χ0n) is 18.8. The number of carbonyl (C=O) groups is 1. The van der Waals surface area contributed by atoms with Gasteiger partial charge in [-0.25, -0.2) is 0 Å². The molecule has 0 radical (unpaired) electrons. The van der Waals surface area contributed by atoms with E-state index in [0.29, 0.717) is 24.1 Å². The monoisotopic (exact) mass is 566 g/mol. The van der Waals surface area contributed by atoms with Gasteiger partial charge in [-0.15, -0.1) is 24.0 Å². The van der Waals surface area contributed by atoms with E-state index < -0.39 is 0 Å². The minimum Gasteiger partial charge on any atom is -0.385 e. The summed E-state index contributed by atoms with van der Waals surface area (Å²) in [6, 6.07) is 5.50. The molecule has 1 saturated heterocycles. The molecule has 1 heterocycles. The Labute approximate surface area is 208 Å². The zero-order chi connectivity index (χ0) is 21.8. The maximum atomic E-state index is 12.3. The predicted molar refractivity (Wildman–Crippen MR) is 138 cm³/mol. The largest absolute Gasteiger partial charge is 0.385 e. The van der Waals surface area contributed by atoms with Gasteiger partial charge in [0.2, 0.25) is 5.91 Å². The number of guanidine groups is 1. The van der Waals surface area contributed by atoms with Crippen molar-refractivity contribution in [2.45, 2.75) is 45.6 Å². The number of amides is 1. The molecule has 1 aliphatic heterocycles. The van der Waals surface area contributed by atoms with Crippen LogP contribution in [0.5, 0.6) is 0 Å². The first-order chi connectivity index (χ1) is 14.5. The molecule has 1 amide bonds. The molecule has 2 N–H and O–H groups in total. The molecule has 7 nitrogen and oxygen atoms in total. The Morgan fingerprint density at radius 1 is 1.29 bits per heavy atom.